The Morgan fingerprint density at radius 1 is 1.56 bits per heavy atom. The first-order valence-corrected chi connectivity index (χ1v) is 7.43. The van der Waals surface area contributed by atoms with Crippen molar-refractivity contribution in [3.63, 3.8) is 0 Å². The van der Waals surface area contributed by atoms with Gasteiger partial charge in [-0.2, -0.15) is 0 Å². The maximum absolute atomic E-state index is 11.9. The van der Waals surface area contributed by atoms with E-state index in [-0.39, 0.29) is 17.9 Å². The Balaban J connectivity index is 2.86. The lowest BCUT2D eigenvalue weighted by molar-refractivity contribution is -0.137. The Morgan fingerprint density at radius 3 is 2.62 bits per heavy atom. The van der Waals surface area contributed by atoms with Crippen LogP contribution in [-0.2, 0) is 14.8 Å². The minimum absolute atomic E-state index is 0.0417. The highest BCUT2D eigenvalue weighted by atomic mass is 79.9. The summed E-state index contributed by atoms with van der Waals surface area (Å²) in [5.41, 5.74) is 0. The zero-order valence-corrected chi connectivity index (χ0v) is 11.6. The lowest BCUT2D eigenvalue weighted by atomic mass is 10.4. The van der Waals surface area contributed by atoms with Crippen molar-refractivity contribution in [2.24, 2.45) is 0 Å². The van der Waals surface area contributed by atoms with Gasteiger partial charge < -0.3 is 5.11 Å². The van der Waals surface area contributed by atoms with E-state index < -0.39 is 16.0 Å². The Labute approximate surface area is 106 Å². The van der Waals surface area contributed by atoms with Crippen LogP contribution >= 0.6 is 27.3 Å². The number of hydrogen-bond donors (Lipinski definition) is 1. The van der Waals surface area contributed by atoms with Gasteiger partial charge in [-0.05, 0) is 15.9 Å². The van der Waals surface area contributed by atoms with Crippen LogP contribution in [0.1, 0.15) is 6.42 Å². The van der Waals surface area contributed by atoms with Gasteiger partial charge in [0.05, 0.1) is 6.42 Å². The second-order valence-corrected chi connectivity index (χ2v) is 6.67. The minimum atomic E-state index is -3.59. The highest BCUT2D eigenvalue weighted by Gasteiger charge is 2.24. The monoisotopic (exact) mass is 327 g/mol. The molecular weight excluding hydrogens is 318 g/mol. The first-order chi connectivity index (χ1) is 7.35. The van der Waals surface area contributed by atoms with Crippen molar-refractivity contribution in [1.29, 1.82) is 0 Å². The Kier molecular flexibility index (Phi) is 4.48. The van der Waals surface area contributed by atoms with Gasteiger partial charge in [0.15, 0.2) is 0 Å². The molecular formula is C8H10BrNO4S2. The first kappa shape index (κ1) is 13.6. The van der Waals surface area contributed by atoms with Crippen LogP contribution in [0, 0.1) is 0 Å². The van der Waals surface area contributed by atoms with Gasteiger partial charge in [0.2, 0.25) is 10.0 Å². The smallest absolute Gasteiger partial charge is 0.304 e. The number of rotatable bonds is 5. The molecule has 0 aliphatic carbocycles. The Bertz CT molecular complexity index is 482. The third kappa shape index (κ3) is 3.03. The number of nitrogens with zero attached hydrogens (tertiary/aromatic N) is 1. The fourth-order valence-corrected chi connectivity index (χ4v) is 4.46. The highest BCUT2D eigenvalue weighted by molar-refractivity contribution is 9.10. The molecule has 90 valence electrons. The molecule has 1 aromatic heterocycles. The van der Waals surface area contributed by atoms with E-state index in [1.165, 1.54) is 23.8 Å². The number of aliphatic carboxylic acids is 1. The molecule has 0 spiro atoms. The third-order valence-corrected chi connectivity index (χ3v) is 5.92. The topological polar surface area (TPSA) is 74.7 Å². The van der Waals surface area contributed by atoms with Crippen LogP contribution < -0.4 is 0 Å². The van der Waals surface area contributed by atoms with Crippen LogP contribution in [0.15, 0.2) is 20.1 Å². The number of carboxylic acid groups (broad SMARTS) is 1. The van der Waals surface area contributed by atoms with E-state index in [0.29, 0.717) is 4.47 Å². The maximum Gasteiger partial charge on any atom is 0.304 e. The van der Waals surface area contributed by atoms with E-state index in [4.69, 9.17) is 5.11 Å². The van der Waals surface area contributed by atoms with Gasteiger partial charge in [-0.1, -0.05) is 0 Å². The third-order valence-electron chi connectivity index (χ3n) is 1.91. The van der Waals surface area contributed by atoms with E-state index >= 15 is 0 Å². The van der Waals surface area contributed by atoms with Crippen molar-refractivity contribution in [2.45, 2.75) is 11.3 Å². The van der Waals surface area contributed by atoms with Crippen molar-refractivity contribution >= 4 is 43.3 Å². The highest BCUT2D eigenvalue weighted by Crippen LogP contribution is 2.27. The van der Waals surface area contributed by atoms with Gasteiger partial charge >= 0.3 is 5.97 Å². The van der Waals surface area contributed by atoms with Crippen molar-refractivity contribution in [1.82, 2.24) is 4.31 Å². The van der Waals surface area contributed by atoms with Gasteiger partial charge in [-0.15, -0.1) is 11.3 Å². The van der Waals surface area contributed by atoms with Gasteiger partial charge in [-0.25, -0.2) is 12.7 Å². The summed E-state index contributed by atoms with van der Waals surface area (Å²) in [5, 5.41) is 11.7. The summed E-state index contributed by atoms with van der Waals surface area (Å²) in [6.45, 7) is -0.0417. The molecule has 16 heavy (non-hydrogen) atoms. The van der Waals surface area contributed by atoms with Gasteiger partial charge in [0.1, 0.15) is 4.90 Å². The molecule has 1 N–H and O–H groups in total. The molecule has 0 fully saturated rings. The number of halogens is 1. The van der Waals surface area contributed by atoms with Crippen molar-refractivity contribution < 1.29 is 18.3 Å². The zero-order valence-electron chi connectivity index (χ0n) is 8.38. The number of thiophene rings is 1. The van der Waals surface area contributed by atoms with Gasteiger partial charge in [-0.3, -0.25) is 4.79 Å². The molecule has 0 saturated heterocycles. The molecule has 1 heterocycles. The largest absolute Gasteiger partial charge is 0.481 e. The molecule has 0 unspecified atom stereocenters. The Morgan fingerprint density at radius 2 is 2.19 bits per heavy atom. The molecule has 0 atom stereocenters. The standard InChI is InChI=1S/C8H10BrNO4S2/c1-10(3-2-8(11)12)16(13,14)7-5-15-4-6(7)9/h4-5H,2-3H2,1H3,(H,11,12). The lowest BCUT2D eigenvalue weighted by Gasteiger charge is -2.15. The second kappa shape index (κ2) is 5.26. The maximum atomic E-state index is 11.9. The molecule has 0 aliphatic rings. The summed E-state index contributed by atoms with van der Waals surface area (Å²) in [6.07, 6.45) is -0.211. The molecule has 0 amide bonds. The molecule has 1 rings (SSSR count). The minimum Gasteiger partial charge on any atom is -0.481 e. The van der Waals surface area contributed by atoms with Crippen LogP contribution in [0.3, 0.4) is 0 Å². The second-order valence-electron chi connectivity index (χ2n) is 3.05. The summed E-state index contributed by atoms with van der Waals surface area (Å²) in [7, 11) is -2.22. The van der Waals surface area contributed by atoms with Crippen molar-refractivity contribution in [2.75, 3.05) is 13.6 Å². The molecule has 0 radical (unpaired) electrons. The normalized spacial score (nSPS) is 11.9. The summed E-state index contributed by atoms with van der Waals surface area (Å²) < 4.78 is 25.4. The first-order valence-electron chi connectivity index (χ1n) is 4.25. The number of carboxylic acids is 1. The van der Waals surface area contributed by atoms with E-state index in [0.717, 1.165) is 4.31 Å². The Hall–Kier alpha value is -0.440. The average molecular weight is 328 g/mol. The van der Waals surface area contributed by atoms with Crippen molar-refractivity contribution in [3.8, 4) is 0 Å². The zero-order chi connectivity index (χ0) is 12.3. The molecule has 5 nitrogen and oxygen atoms in total. The van der Waals surface area contributed by atoms with Gasteiger partial charge in [0, 0.05) is 28.8 Å². The molecule has 0 bridgehead atoms. The van der Waals surface area contributed by atoms with Crippen LogP contribution in [0.4, 0.5) is 0 Å². The average Bonchev–Trinajstić information content (AvgIpc) is 2.61. The fourth-order valence-electron chi connectivity index (χ4n) is 0.995. The predicted octanol–water partition coefficient (Wildman–Crippen LogP) is 1.61. The fraction of sp³-hybridized carbons (Fsp3) is 0.375. The van der Waals surface area contributed by atoms with Crippen molar-refractivity contribution in [3.05, 3.63) is 15.2 Å². The number of carbonyl (C=O) groups is 1. The summed E-state index contributed by atoms with van der Waals surface area (Å²) in [6, 6.07) is 0. The van der Waals surface area contributed by atoms with E-state index in [2.05, 4.69) is 15.9 Å². The lowest BCUT2D eigenvalue weighted by Crippen LogP contribution is -2.29. The van der Waals surface area contributed by atoms with Crippen LogP contribution in [0.2, 0.25) is 0 Å². The quantitative estimate of drug-likeness (QED) is 0.891. The van der Waals surface area contributed by atoms with Crippen LogP contribution in [0.5, 0.6) is 0 Å². The van der Waals surface area contributed by atoms with Crippen LogP contribution in [-0.4, -0.2) is 37.4 Å². The van der Waals surface area contributed by atoms with Gasteiger partial charge in [0.25, 0.3) is 0 Å². The van der Waals surface area contributed by atoms with E-state index in [9.17, 15) is 13.2 Å². The summed E-state index contributed by atoms with van der Waals surface area (Å²) >= 11 is 4.40. The molecule has 0 saturated carbocycles. The molecule has 0 aromatic carbocycles. The number of hydrogen-bond acceptors (Lipinski definition) is 4. The van der Waals surface area contributed by atoms with E-state index in [1.54, 1.807) is 5.38 Å². The summed E-state index contributed by atoms with van der Waals surface area (Å²) in [4.78, 5) is 10.5. The summed E-state index contributed by atoms with van der Waals surface area (Å²) in [5.74, 6) is -1.02. The van der Waals surface area contributed by atoms with E-state index in [1.807, 2.05) is 0 Å². The molecule has 0 aliphatic heterocycles. The number of sulfonamides is 1. The predicted molar refractivity (Wildman–Crippen MR) is 64.1 cm³/mol. The van der Waals surface area contributed by atoms with Crippen LogP contribution in [0.25, 0.3) is 0 Å². The molecule has 1 aromatic rings. The SMILES string of the molecule is CN(CCC(=O)O)S(=O)(=O)c1cscc1Br. The molecule has 8 heteroatoms.